The lowest BCUT2D eigenvalue weighted by atomic mass is 9.92. The Kier molecular flexibility index (Phi) is 4.64. The summed E-state index contributed by atoms with van der Waals surface area (Å²) in [5, 5.41) is 4.09. The van der Waals surface area contributed by atoms with E-state index in [1.54, 1.807) is 6.20 Å². The number of aromatic nitrogens is 6. The maximum absolute atomic E-state index is 13.4. The highest BCUT2D eigenvalue weighted by Gasteiger charge is 2.35. The Morgan fingerprint density at radius 2 is 1.94 bits per heavy atom. The zero-order valence-electron chi connectivity index (χ0n) is 17.8. The lowest BCUT2D eigenvalue weighted by Gasteiger charge is -2.28. The number of aryl methyl sites for hydroxylation is 1. The SMILES string of the molecule is Cc1nc2ncc(-c3c[nH]c4nc(NC5CCC(F)(F)CC5)ncc34)cc2n1C(C)C. The molecule has 1 saturated carbocycles. The molecular weight excluding hydrogens is 400 g/mol. The summed E-state index contributed by atoms with van der Waals surface area (Å²) in [7, 11) is 0. The molecule has 1 aliphatic carbocycles. The molecule has 0 radical (unpaired) electrons. The molecule has 4 aromatic heterocycles. The molecule has 0 unspecified atom stereocenters. The number of halogens is 2. The first-order chi connectivity index (χ1) is 14.8. The van der Waals surface area contributed by atoms with Gasteiger partial charge in [-0.2, -0.15) is 4.98 Å². The van der Waals surface area contributed by atoms with Crippen molar-refractivity contribution in [1.29, 1.82) is 0 Å². The summed E-state index contributed by atoms with van der Waals surface area (Å²) >= 11 is 0. The van der Waals surface area contributed by atoms with Crippen LogP contribution in [0.25, 0.3) is 33.3 Å². The molecule has 1 aliphatic rings. The zero-order valence-corrected chi connectivity index (χ0v) is 17.8. The van der Waals surface area contributed by atoms with Gasteiger partial charge in [-0.05, 0) is 39.7 Å². The summed E-state index contributed by atoms with van der Waals surface area (Å²) in [5.41, 5.74) is 4.34. The van der Waals surface area contributed by atoms with Crippen LogP contribution in [0.2, 0.25) is 0 Å². The number of nitrogens with zero attached hydrogens (tertiary/aromatic N) is 5. The van der Waals surface area contributed by atoms with Crippen molar-refractivity contribution in [2.45, 2.75) is 64.5 Å². The van der Waals surface area contributed by atoms with Gasteiger partial charge >= 0.3 is 0 Å². The number of fused-ring (bicyclic) bond motifs is 2. The Morgan fingerprint density at radius 1 is 1.16 bits per heavy atom. The quantitative estimate of drug-likeness (QED) is 0.467. The fourth-order valence-corrected chi connectivity index (χ4v) is 4.47. The summed E-state index contributed by atoms with van der Waals surface area (Å²) in [6.07, 6.45) is 6.12. The molecule has 0 amide bonds. The molecule has 162 valence electrons. The van der Waals surface area contributed by atoms with Crippen LogP contribution < -0.4 is 5.32 Å². The summed E-state index contributed by atoms with van der Waals surface area (Å²) in [5.74, 6) is -1.15. The van der Waals surface area contributed by atoms with E-state index in [2.05, 4.69) is 54.7 Å². The van der Waals surface area contributed by atoms with E-state index in [9.17, 15) is 8.78 Å². The highest BCUT2D eigenvalue weighted by molar-refractivity contribution is 5.95. The molecule has 7 nitrogen and oxygen atoms in total. The van der Waals surface area contributed by atoms with Gasteiger partial charge in [0.2, 0.25) is 11.9 Å². The molecule has 0 saturated heterocycles. The Labute approximate surface area is 178 Å². The van der Waals surface area contributed by atoms with Crippen molar-refractivity contribution in [3.63, 3.8) is 0 Å². The molecule has 0 aliphatic heterocycles. The average molecular weight is 425 g/mol. The van der Waals surface area contributed by atoms with Gasteiger partial charge in [0.25, 0.3) is 0 Å². The summed E-state index contributed by atoms with van der Waals surface area (Å²) < 4.78 is 28.9. The van der Waals surface area contributed by atoms with Gasteiger partial charge in [-0.3, -0.25) is 0 Å². The third-order valence-electron chi connectivity index (χ3n) is 6.03. The minimum absolute atomic E-state index is 0.0299. The topological polar surface area (TPSA) is 84.3 Å². The number of H-pyrrole nitrogens is 1. The molecule has 9 heteroatoms. The predicted octanol–water partition coefficient (Wildman–Crippen LogP) is 5.25. The van der Waals surface area contributed by atoms with Crippen molar-refractivity contribution in [1.82, 2.24) is 29.5 Å². The first-order valence-corrected chi connectivity index (χ1v) is 10.6. The van der Waals surface area contributed by atoms with Crippen molar-refractivity contribution in [3.8, 4) is 11.1 Å². The molecule has 0 spiro atoms. The van der Waals surface area contributed by atoms with E-state index >= 15 is 0 Å². The summed E-state index contributed by atoms with van der Waals surface area (Å²) in [6, 6.07) is 2.35. The van der Waals surface area contributed by atoms with Crippen LogP contribution in [-0.4, -0.2) is 41.5 Å². The van der Waals surface area contributed by atoms with Gasteiger partial charge < -0.3 is 14.9 Å². The van der Waals surface area contributed by atoms with Crippen molar-refractivity contribution in [2.24, 2.45) is 0 Å². The molecule has 0 atom stereocenters. The number of anilines is 1. The number of nitrogens with one attached hydrogen (secondary N) is 2. The van der Waals surface area contributed by atoms with Crippen LogP contribution in [0.5, 0.6) is 0 Å². The maximum atomic E-state index is 13.4. The molecular formula is C22H25F2N7. The van der Waals surface area contributed by atoms with E-state index < -0.39 is 5.92 Å². The second-order valence-electron chi connectivity index (χ2n) is 8.62. The normalized spacial score (nSPS) is 17.1. The molecule has 4 aromatic rings. The largest absolute Gasteiger partial charge is 0.351 e. The molecule has 31 heavy (non-hydrogen) atoms. The van der Waals surface area contributed by atoms with E-state index in [1.165, 1.54) is 0 Å². The first-order valence-electron chi connectivity index (χ1n) is 10.6. The van der Waals surface area contributed by atoms with Crippen LogP contribution >= 0.6 is 0 Å². The Balaban J connectivity index is 1.44. The third kappa shape index (κ3) is 3.62. The number of alkyl halides is 2. The molecule has 2 N–H and O–H groups in total. The predicted molar refractivity (Wildman–Crippen MR) is 116 cm³/mol. The zero-order chi connectivity index (χ0) is 21.8. The van der Waals surface area contributed by atoms with E-state index in [-0.39, 0.29) is 24.9 Å². The van der Waals surface area contributed by atoms with Crippen LogP contribution in [0.1, 0.15) is 51.4 Å². The third-order valence-corrected chi connectivity index (χ3v) is 6.03. The van der Waals surface area contributed by atoms with Crippen LogP contribution in [0.3, 0.4) is 0 Å². The van der Waals surface area contributed by atoms with Crippen molar-refractivity contribution in [3.05, 3.63) is 30.5 Å². The standard InChI is InChI=1S/C22H25F2N7/c1-12(2)31-13(3)28-20-18(31)8-14(9-25-20)16-10-26-19-17(16)11-27-21(30-19)29-15-4-6-22(23,24)7-5-15/h8-12,15H,4-7H2,1-3H3,(H2,26,27,29,30). The van der Waals surface area contributed by atoms with E-state index in [4.69, 9.17) is 0 Å². The van der Waals surface area contributed by atoms with Gasteiger partial charge in [-0.1, -0.05) is 0 Å². The second-order valence-corrected chi connectivity index (χ2v) is 8.62. The van der Waals surface area contributed by atoms with E-state index in [0.717, 1.165) is 33.5 Å². The lowest BCUT2D eigenvalue weighted by Crippen LogP contribution is -2.32. The number of rotatable bonds is 4. The minimum Gasteiger partial charge on any atom is -0.351 e. The van der Waals surface area contributed by atoms with Gasteiger partial charge in [-0.15, -0.1) is 0 Å². The highest BCUT2D eigenvalue weighted by atomic mass is 19.3. The first kappa shape index (κ1) is 19.8. The van der Waals surface area contributed by atoms with Crippen LogP contribution in [0.15, 0.2) is 24.7 Å². The number of hydrogen-bond donors (Lipinski definition) is 2. The average Bonchev–Trinajstić information content (AvgIpc) is 3.28. The van der Waals surface area contributed by atoms with Crippen molar-refractivity contribution < 1.29 is 8.78 Å². The fraction of sp³-hybridized carbons (Fsp3) is 0.455. The molecule has 0 aromatic carbocycles. The number of hydrogen-bond acceptors (Lipinski definition) is 5. The Bertz CT molecular complexity index is 1250. The molecule has 1 fully saturated rings. The number of aromatic amines is 1. The van der Waals surface area contributed by atoms with Gasteiger partial charge in [0.05, 0.1) is 5.52 Å². The van der Waals surface area contributed by atoms with Gasteiger partial charge in [0.15, 0.2) is 5.65 Å². The van der Waals surface area contributed by atoms with Gasteiger partial charge in [0, 0.05) is 60.0 Å². The second kappa shape index (κ2) is 7.25. The summed E-state index contributed by atoms with van der Waals surface area (Å²) in [4.78, 5) is 21.3. The van der Waals surface area contributed by atoms with Gasteiger partial charge in [0.1, 0.15) is 11.5 Å². The maximum Gasteiger partial charge on any atom is 0.248 e. The van der Waals surface area contributed by atoms with E-state index in [0.29, 0.717) is 24.4 Å². The highest BCUT2D eigenvalue weighted by Crippen LogP contribution is 2.34. The molecule has 0 bridgehead atoms. The van der Waals surface area contributed by atoms with Crippen LogP contribution in [-0.2, 0) is 0 Å². The lowest BCUT2D eigenvalue weighted by molar-refractivity contribution is -0.0361. The van der Waals surface area contributed by atoms with E-state index in [1.807, 2.05) is 19.3 Å². The van der Waals surface area contributed by atoms with Crippen molar-refractivity contribution >= 4 is 28.1 Å². The molecule has 5 rings (SSSR count). The minimum atomic E-state index is -2.55. The Morgan fingerprint density at radius 3 is 2.68 bits per heavy atom. The smallest absolute Gasteiger partial charge is 0.248 e. The van der Waals surface area contributed by atoms with Crippen LogP contribution in [0, 0.1) is 6.92 Å². The van der Waals surface area contributed by atoms with Crippen molar-refractivity contribution in [2.75, 3.05) is 5.32 Å². The Hall–Kier alpha value is -3.10. The van der Waals surface area contributed by atoms with Crippen LogP contribution in [0.4, 0.5) is 14.7 Å². The monoisotopic (exact) mass is 425 g/mol. The summed E-state index contributed by atoms with van der Waals surface area (Å²) in [6.45, 7) is 6.24. The van der Waals surface area contributed by atoms with Gasteiger partial charge in [-0.25, -0.2) is 23.7 Å². The number of imidazole rings is 1. The molecule has 4 heterocycles. The number of pyridine rings is 1. The fourth-order valence-electron chi connectivity index (χ4n) is 4.47.